The molecule has 0 radical (unpaired) electrons. The lowest BCUT2D eigenvalue weighted by Gasteiger charge is -2.13. The second-order valence-electron chi connectivity index (χ2n) is 5.13. The molecule has 2 aromatic carbocycles. The number of anilines is 1. The molecule has 4 nitrogen and oxygen atoms in total. The van der Waals surface area contributed by atoms with E-state index in [2.05, 4.69) is 16.7 Å². The molecule has 0 unspecified atom stereocenters. The van der Waals surface area contributed by atoms with Crippen LogP contribution in [0.2, 0.25) is 5.02 Å². The maximum atomic E-state index is 5.98. The number of thiocarbonyl (C=S) groups is 1. The molecule has 2 rings (SSSR count). The molecule has 7 heteroatoms. The summed E-state index contributed by atoms with van der Waals surface area (Å²) in [6, 6.07) is 13.5. The standard InChI is InChI=1S/C18H21ClN2O2S2/c1-22-16-7-6-15(11-17(16)23-2)21-18(24)20-8-9-25-12-13-4-3-5-14(19)10-13/h3-7,10-11H,8-9,12H2,1-2H3,(H2,20,21,24). The topological polar surface area (TPSA) is 42.5 Å². The maximum Gasteiger partial charge on any atom is 0.170 e. The van der Waals surface area contributed by atoms with Crippen LogP contribution in [0.3, 0.4) is 0 Å². The normalized spacial score (nSPS) is 10.2. The van der Waals surface area contributed by atoms with Gasteiger partial charge in [-0.2, -0.15) is 11.8 Å². The molecule has 0 heterocycles. The Hall–Kier alpha value is -1.63. The van der Waals surface area contributed by atoms with E-state index in [1.807, 2.05) is 48.2 Å². The van der Waals surface area contributed by atoms with E-state index in [1.54, 1.807) is 14.2 Å². The molecule has 0 amide bonds. The lowest BCUT2D eigenvalue weighted by molar-refractivity contribution is 0.355. The number of hydrogen-bond donors (Lipinski definition) is 2. The molecule has 0 aromatic heterocycles. The third-order valence-electron chi connectivity index (χ3n) is 3.33. The van der Waals surface area contributed by atoms with Gasteiger partial charge in [0.2, 0.25) is 0 Å². The average Bonchev–Trinajstić information content (AvgIpc) is 2.61. The molecule has 0 aliphatic rings. The summed E-state index contributed by atoms with van der Waals surface area (Å²) in [5.74, 6) is 3.22. The highest BCUT2D eigenvalue weighted by Gasteiger charge is 2.05. The number of benzene rings is 2. The molecule has 2 aromatic rings. The molecule has 0 spiro atoms. The van der Waals surface area contributed by atoms with Gasteiger partial charge in [0, 0.05) is 34.8 Å². The van der Waals surface area contributed by atoms with Gasteiger partial charge in [0.1, 0.15) is 0 Å². The van der Waals surface area contributed by atoms with E-state index >= 15 is 0 Å². The van der Waals surface area contributed by atoms with Crippen LogP contribution in [0.5, 0.6) is 11.5 Å². The summed E-state index contributed by atoms with van der Waals surface area (Å²) < 4.78 is 10.5. The summed E-state index contributed by atoms with van der Waals surface area (Å²) in [6.07, 6.45) is 0. The lowest BCUT2D eigenvalue weighted by atomic mass is 10.2. The van der Waals surface area contributed by atoms with Crippen LogP contribution < -0.4 is 20.1 Å². The molecular weight excluding hydrogens is 376 g/mol. The highest BCUT2D eigenvalue weighted by molar-refractivity contribution is 7.98. The summed E-state index contributed by atoms with van der Waals surface area (Å²) in [5.41, 5.74) is 2.07. The van der Waals surface area contributed by atoms with Crippen LogP contribution in [0.25, 0.3) is 0 Å². The zero-order chi connectivity index (χ0) is 18.1. The molecule has 0 saturated carbocycles. The van der Waals surface area contributed by atoms with Crippen molar-refractivity contribution in [1.29, 1.82) is 0 Å². The first-order chi connectivity index (χ1) is 12.1. The SMILES string of the molecule is COc1ccc(NC(=S)NCCSCc2cccc(Cl)c2)cc1OC. The summed E-state index contributed by atoms with van der Waals surface area (Å²) >= 11 is 13.1. The molecule has 0 aliphatic heterocycles. The van der Waals surface area contributed by atoms with Crippen LogP contribution in [-0.2, 0) is 5.75 Å². The number of thioether (sulfide) groups is 1. The van der Waals surface area contributed by atoms with E-state index in [1.165, 1.54) is 5.56 Å². The first-order valence-electron chi connectivity index (χ1n) is 7.71. The van der Waals surface area contributed by atoms with Gasteiger partial charge in [-0.1, -0.05) is 23.7 Å². The molecular formula is C18H21ClN2O2S2. The lowest BCUT2D eigenvalue weighted by Crippen LogP contribution is -2.30. The number of ether oxygens (including phenoxy) is 2. The van der Waals surface area contributed by atoms with E-state index in [0.717, 1.165) is 28.8 Å². The molecule has 134 valence electrons. The predicted molar refractivity (Wildman–Crippen MR) is 111 cm³/mol. The van der Waals surface area contributed by atoms with Crippen molar-refractivity contribution in [2.75, 3.05) is 31.8 Å². The van der Waals surface area contributed by atoms with Crippen LogP contribution in [0.15, 0.2) is 42.5 Å². The Morgan fingerprint density at radius 1 is 1.12 bits per heavy atom. The summed E-state index contributed by atoms with van der Waals surface area (Å²) in [4.78, 5) is 0. The Morgan fingerprint density at radius 2 is 1.92 bits per heavy atom. The van der Waals surface area contributed by atoms with Crippen molar-refractivity contribution in [2.45, 2.75) is 5.75 Å². The van der Waals surface area contributed by atoms with Crippen molar-refractivity contribution >= 4 is 46.4 Å². The van der Waals surface area contributed by atoms with Crippen molar-refractivity contribution in [2.24, 2.45) is 0 Å². The van der Waals surface area contributed by atoms with Crippen LogP contribution >= 0.6 is 35.6 Å². The van der Waals surface area contributed by atoms with E-state index in [4.69, 9.17) is 33.3 Å². The molecule has 25 heavy (non-hydrogen) atoms. The minimum absolute atomic E-state index is 0.579. The zero-order valence-electron chi connectivity index (χ0n) is 14.2. The van der Waals surface area contributed by atoms with Crippen LogP contribution in [0.4, 0.5) is 5.69 Å². The summed E-state index contributed by atoms with van der Waals surface area (Å²) in [6.45, 7) is 0.782. The predicted octanol–water partition coefficient (Wildman–Crippen LogP) is 4.58. The van der Waals surface area contributed by atoms with Gasteiger partial charge < -0.3 is 20.1 Å². The smallest absolute Gasteiger partial charge is 0.170 e. The Morgan fingerprint density at radius 3 is 2.64 bits per heavy atom. The van der Waals surface area contributed by atoms with E-state index in [0.29, 0.717) is 16.6 Å². The average molecular weight is 397 g/mol. The first kappa shape index (κ1) is 19.7. The van der Waals surface area contributed by atoms with E-state index in [-0.39, 0.29) is 0 Å². The number of hydrogen-bond acceptors (Lipinski definition) is 4. The van der Waals surface area contributed by atoms with Gasteiger partial charge in [-0.3, -0.25) is 0 Å². The van der Waals surface area contributed by atoms with Gasteiger partial charge in [0.15, 0.2) is 16.6 Å². The minimum Gasteiger partial charge on any atom is -0.493 e. The minimum atomic E-state index is 0.579. The quantitative estimate of drug-likeness (QED) is 0.503. The van der Waals surface area contributed by atoms with Gasteiger partial charge in [-0.05, 0) is 42.0 Å². The monoisotopic (exact) mass is 396 g/mol. The number of nitrogens with one attached hydrogen (secondary N) is 2. The second-order valence-corrected chi connectivity index (χ2v) is 7.08. The Balaban J connectivity index is 1.70. The maximum absolute atomic E-state index is 5.98. The number of methoxy groups -OCH3 is 2. The van der Waals surface area contributed by atoms with Crippen molar-refractivity contribution in [1.82, 2.24) is 5.32 Å². The van der Waals surface area contributed by atoms with Gasteiger partial charge in [-0.25, -0.2) is 0 Å². The Bertz CT molecular complexity index is 713. The molecule has 0 bridgehead atoms. The highest BCUT2D eigenvalue weighted by Crippen LogP contribution is 2.29. The van der Waals surface area contributed by atoms with Gasteiger partial charge in [-0.15, -0.1) is 0 Å². The summed E-state index contributed by atoms with van der Waals surface area (Å²) in [7, 11) is 3.22. The van der Waals surface area contributed by atoms with Crippen molar-refractivity contribution in [3.05, 3.63) is 53.1 Å². The number of halogens is 1. The van der Waals surface area contributed by atoms with E-state index < -0.39 is 0 Å². The largest absolute Gasteiger partial charge is 0.493 e. The van der Waals surface area contributed by atoms with Crippen LogP contribution in [0, 0.1) is 0 Å². The van der Waals surface area contributed by atoms with Crippen molar-refractivity contribution < 1.29 is 9.47 Å². The zero-order valence-corrected chi connectivity index (χ0v) is 16.6. The third kappa shape index (κ3) is 6.65. The summed E-state index contributed by atoms with van der Waals surface area (Å²) in [5, 5.41) is 7.69. The fourth-order valence-electron chi connectivity index (χ4n) is 2.14. The Labute approximate surface area is 163 Å². The molecule has 0 saturated heterocycles. The van der Waals surface area contributed by atoms with E-state index in [9.17, 15) is 0 Å². The van der Waals surface area contributed by atoms with Gasteiger partial charge >= 0.3 is 0 Å². The highest BCUT2D eigenvalue weighted by atomic mass is 35.5. The van der Waals surface area contributed by atoms with Crippen molar-refractivity contribution in [3.63, 3.8) is 0 Å². The van der Waals surface area contributed by atoms with Crippen molar-refractivity contribution in [3.8, 4) is 11.5 Å². The van der Waals surface area contributed by atoms with Gasteiger partial charge in [0.25, 0.3) is 0 Å². The number of rotatable bonds is 8. The second kappa shape index (κ2) is 10.4. The first-order valence-corrected chi connectivity index (χ1v) is 9.65. The molecule has 0 aliphatic carbocycles. The van der Waals surface area contributed by atoms with Crippen LogP contribution in [0.1, 0.15) is 5.56 Å². The molecule has 0 fully saturated rings. The fraction of sp³-hybridized carbons (Fsp3) is 0.278. The van der Waals surface area contributed by atoms with Gasteiger partial charge in [0.05, 0.1) is 14.2 Å². The fourth-order valence-corrected chi connectivity index (χ4v) is 3.38. The Kier molecular flexibility index (Phi) is 8.18. The molecule has 0 atom stereocenters. The molecule has 2 N–H and O–H groups in total. The third-order valence-corrected chi connectivity index (χ3v) is 4.84. The van der Waals surface area contributed by atoms with Crippen LogP contribution in [-0.4, -0.2) is 31.6 Å².